The summed E-state index contributed by atoms with van der Waals surface area (Å²) in [7, 11) is -3.82. The van der Waals surface area contributed by atoms with Crippen LogP contribution >= 0.6 is 11.6 Å². The SMILES string of the molecule is Cc1cccc(N2CCN(S(=O)(=O)CC(=O)Nc3ccc(Cl)c([N+](=O)[O-])c3)CC2)c1. The maximum atomic E-state index is 12.6. The van der Waals surface area contributed by atoms with Crippen molar-refractivity contribution in [2.24, 2.45) is 0 Å². The van der Waals surface area contributed by atoms with Crippen molar-refractivity contribution in [1.82, 2.24) is 4.31 Å². The van der Waals surface area contributed by atoms with Crippen molar-refractivity contribution in [2.75, 3.05) is 42.1 Å². The van der Waals surface area contributed by atoms with Crippen molar-refractivity contribution in [3.05, 3.63) is 63.2 Å². The molecule has 2 aromatic carbocycles. The van der Waals surface area contributed by atoms with Crippen LogP contribution in [-0.2, 0) is 14.8 Å². The van der Waals surface area contributed by atoms with Gasteiger partial charge in [0.25, 0.3) is 5.69 Å². The van der Waals surface area contributed by atoms with E-state index in [1.165, 1.54) is 16.4 Å². The minimum Gasteiger partial charge on any atom is -0.369 e. The molecule has 2 aromatic rings. The minimum absolute atomic E-state index is 0.0721. The maximum absolute atomic E-state index is 12.6. The Bertz CT molecular complexity index is 1070. The van der Waals surface area contributed by atoms with Gasteiger partial charge in [-0.1, -0.05) is 23.7 Å². The average Bonchev–Trinajstić information content (AvgIpc) is 2.69. The van der Waals surface area contributed by atoms with Crippen molar-refractivity contribution in [2.45, 2.75) is 6.92 Å². The van der Waals surface area contributed by atoms with Crippen molar-refractivity contribution >= 4 is 44.6 Å². The van der Waals surface area contributed by atoms with Gasteiger partial charge in [-0.2, -0.15) is 4.31 Å². The second-order valence-corrected chi connectivity index (χ2v) is 9.33. The van der Waals surface area contributed by atoms with Gasteiger partial charge < -0.3 is 10.2 Å². The molecule has 1 saturated heterocycles. The number of benzene rings is 2. The molecule has 0 bridgehead atoms. The Hall–Kier alpha value is -2.69. The number of nitrogens with one attached hydrogen (secondary N) is 1. The van der Waals surface area contributed by atoms with E-state index < -0.39 is 26.6 Å². The van der Waals surface area contributed by atoms with Crippen LogP contribution in [0.3, 0.4) is 0 Å². The van der Waals surface area contributed by atoms with E-state index in [-0.39, 0.29) is 29.5 Å². The molecule has 9 nitrogen and oxygen atoms in total. The first-order valence-corrected chi connectivity index (χ1v) is 11.2. The third-order valence-corrected chi connectivity index (χ3v) is 6.84. The maximum Gasteiger partial charge on any atom is 0.289 e. The summed E-state index contributed by atoms with van der Waals surface area (Å²) in [5.41, 5.74) is 1.90. The zero-order chi connectivity index (χ0) is 21.9. The summed E-state index contributed by atoms with van der Waals surface area (Å²) >= 11 is 5.74. The number of rotatable bonds is 6. The Kier molecular flexibility index (Phi) is 6.59. The van der Waals surface area contributed by atoms with Crippen molar-refractivity contribution < 1.29 is 18.1 Å². The Morgan fingerprint density at radius 2 is 1.87 bits per heavy atom. The number of carbonyl (C=O) groups is 1. The predicted molar refractivity (Wildman–Crippen MR) is 115 cm³/mol. The average molecular weight is 453 g/mol. The molecular formula is C19H21ClN4O5S. The highest BCUT2D eigenvalue weighted by Gasteiger charge is 2.29. The van der Waals surface area contributed by atoms with Gasteiger partial charge in [-0.05, 0) is 36.8 Å². The lowest BCUT2D eigenvalue weighted by molar-refractivity contribution is -0.384. The predicted octanol–water partition coefficient (Wildman–Crippen LogP) is 2.65. The molecule has 1 N–H and O–H groups in total. The summed E-state index contributed by atoms with van der Waals surface area (Å²) in [6, 6.07) is 11.7. The van der Waals surface area contributed by atoms with Gasteiger partial charge in [-0.15, -0.1) is 0 Å². The van der Waals surface area contributed by atoms with Crippen LogP contribution in [0.15, 0.2) is 42.5 Å². The summed E-state index contributed by atoms with van der Waals surface area (Å²) in [6.45, 7) is 3.59. The van der Waals surface area contributed by atoms with Crippen LogP contribution in [0.2, 0.25) is 5.02 Å². The summed E-state index contributed by atoms with van der Waals surface area (Å²) in [4.78, 5) is 24.6. The Balaban J connectivity index is 1.59. The van der Waals surface area contributed by atoms with E-state index in [0.717, 1.165) is 17.3 Å². The highest BCUT2D eigenvalue weighted by atomic mass is 35.5. The number of hydrogen-bond acceptors (Lipinski definition) is 6. The Labute approximate surface area is 179 Å². The number of nitrogens with zero attached hydrogens (tertiary/aromatic N) is 3. The van der Waals surface area contributed by atoms with E-state index in [1.54, 1.807) is 0 Å². The van der Waals surface area contributed by atoms with Crippen molar-refractivity contribution in [3.63, 3.8) is 0 Å². The standard InChI is InChI=1S/C19H21ClN4O5S/c1-14-3-2-4-16(11-14)22-7-9-23(10-8-22)30(28,29)13-19(25)21-15-5-6-17(20)18(12-15)24(26)27/h2-6,11-12H,7-10,13H2,1H3,(H,21,25). The van der Waals surface area contributed by atoms with E-state index in [9.17, 15) is 23.3 Å². The summed E-state index contributed by atoms with van der Waals surface area (Å²) in [5, 5.41) is 13.3. The van der Waals surface area contributed by atoms with Crippen LogP contribution in [0, 0.1) is 17.0 Å². The van der Waals surface area contributed by atoms with Crippen LogP contribution in [0.4, 0.5) is 17.1 Å². The molecule has 0 aromatic heterocycles. The summed E-state index contributed by atoms with van der Waals surface area (Å²) < 4.78 is 26.6. The number of piperazine rings is 1. The third-order valence-electron chi connectivity index (χ3n) is 4.74. The molecule has 0 saturated carbocycles. The Morgan fingerprint density at radius 3 is 2.50 bits per heavy atom. The van der Waals surface area contributed by atoms with Gasteiger partial charge in [-0.3, -0.25) is 14.9 Å². The second-order valence-electron chi connectivity index (χ2n) is 6.95. The molecule has 3 rings (SSSR count). The lowest BCUT2D eigenvalue weighted by Crippen LogP contribution is -2.50. The number of amides is 1. The molecule has 0 spiro atoms. The van der Waals surface area contributed by atoms with Gasteiger partial charge in [0, 0.05) is 43.6 Å². The third kappa shape index (κ3) is 5.26. The number of sulfonamides is 1. The van der Waals surface area contributed by atoms with Gasteiger partial charge in [0.2, 0.25) is 15.9 Å². The van der Waals surface area contributed by atoms with Crippen LogP contribution in [0.5, 0.6) is 0 Å². The number of aryl methyl sites for hydroxylation is 1. The number of halogens is 1. The summed E-state index contributed by atoms with van der Waals surface area (Å²) in [6.07, 6.45) is 0. The summed E-state index contributed by atoms with van der Waals surface area (Å²) in [5.74, 6) is -1.51. The molecule has 1 aliphatic rings. The molecule has 1 fully saturated rings. The lowest BCUT2D eigenvalue weighted by atomic mass is 10.2. The first-order valence-electron chi connectivity index (χ1n) is 9.19. The topological polar surface area (TPSA) is 113 Å². The quantitative estimate of drug-likeness (QED) is 0.532. The zero-order valence-corrected chi connectivity index (χ0v) is 17.8. The zero-order valence-electron chi connectivity index (χ0n) is 16.2. The fourth-order valence-corrected chi connectivity index (χ4v) is 4.73. The first kappa shape index (κ1) is 22.0. The number of nitro benzene ring substituents is 1. The largest absolute Gasteiger partial charge is 0.369 e. The van der Waals surface area contributed by atoms with Crippen LogP contribution in [0.1, 0.15) is 5.56 Å². The molecule has 1 heterocycles. The number of anilines is 2. The number of carbonyl (C=O) groups excluding carboxylic acids is 1. The lowest BCUT2D eigenvalue weighted by Gasteiger charge is -2.35. The van der Waals surface area contributed by atoms with Crippen LogP contribution in [-0.4, -0.2) is 55.5 Å². The molecular weight excluding hydrogens is 432 g/mol. The molecule has 0 radical (unpaired) electrons. The fraction of sp³-hybridized carbons (Fsp3) is 0.316. The molecule has 30 heavy (non-hydrogen) atoms. The van der Waals surface area contributed by atoms with Crippen LogP contribution in [0.25, 0.3) is 0 Å². The molecule has 0 unspecified atom stereocenters. The van der Waals surface area contributed by atoms with Gasteiger partial charge >= 0.3 is 0 Å². The molecule has 0 aliphatic carbocycles. The van der Waals surface area contributed by atoms with Gasteiger partial charge in [0.15, 0.2) is 0 Å². The van der Waals surface area contributed by atoms with Gasteiger partial charge in [0.05, 0.1) is 4.92 Å². The van der Waals surface area contributed by atoms with E-state index >= 15 is 0 Å². The van der Waals surface area contributed by atoms with E-state index in [0.29, 0.717) is 13.1 Å². The normalized spacial score (nSPS) is 15.1. The smallest absolute Gasteiger partial charge is 0.289 e. The van der Waals surface area contributed by atoms with E-state index in [4.69, 9.17) is 11.6 Å². The van der Waals surface area contributed by atoms with E-state index in [2.05, 4.69) is 10.2 Å². The number of hydrogen-bond donors (Lipinski definition) is 1. The van der Waals surface area contributed by atoms with Crippen LogP contribution < -0.4 is 10.2 Å². The highest BCUT2D eigenvalue weighted by Crippen LogP contribution is 2.27. The molecule has 0 atom stereocenters. The highest BCUT2D eigenvalue weighted by molar-refractivity contribution is 7.89. The van der Waals surface area contributed by atoms with Crippen molar-refractivity contribution in [3.8, 4) is 0 Å². The first-order chi connectivity index (χ1) is 14.2. The van der Waals surface area contributed by atoms with Crippen molar-refractivity contribution in [1.29, 1.82) is 0 Å². The fourth-order valence-electron chi connectivity index (χ4n) is 3.23. The molecule has 1 aliphatic heterocycles. The Morgan fingerprint density at radius 1 is 1.17 bits per heavy atom. The van der Waals surface area contributed by atoms with Gasteiger partial charge in [0.1, 0.15) is 10.8 Å². The monoisotopic (exact) mass is 452 g/mol. The van der Waals surface area contributed by atoms with Gasteiger partial charge in [-0.25, -0.2) is 8.42 Å². The second kappa shape index (κ2) is 8.99. The molecule has 1 amide bonds. The number of nitro groups is 1. The minimum atomic E-state index is -3.82. The molecule has 11 heteroatoms. The molecule has 160 valence electrons. The van der Waals surface area contributed by atoms with E-state index in [1.807, 2.05) is 31.2 Å².